The van der Waals surface area contributed by atoms with E-state index < -0.39 is 5.97 Å². The molecule has 0 spiro atoms. The fourth-order valence-electron chi connectivity index (χ4n) is 3.34. The third-order valence-corrected chi connectivity index (χ3v) is 5.17. The number of rotatable bonds is 5. The summed E-state index contributed by atoms with van der Waals surface area (Å²) >= 11 is 0. The first-order valence-electron chi connectivity index (χ1n) is 8.96. The van der Waals surface area contributed by atoms with Gasteiger partial charge in [-0.05, 0) is 42.5 Å². The van der Waals surface area contributed by atoms with Crippen LogP contribution in [0.4, 0.5) is 0 Å². The Morgan fingerprint density at radius 1 is 1.23 bits per heavy atom. The van der Waals surface area contributed by atoms with Crippen molar-refractivity contribution in [1.29, 1.82) is 0 Å². The smallest absolute Gasteiger partial charge is 0.338 e. The predicted octanol–water partition coefficient (Wildman–Crippen LogP) is 2.36. The van der Waals surface area contributed by atoms with Crippen molar-refractivity contribution in [3.05, 3.63) is 42.5 Å². The summed E-state index contributed by atoms with van der Waals surface area (Å²) in [7, 11) is 0. The number of nitrogens with zero attached hydrogens (tertiary/aromatic N) is 3. The molecular weight excluding hydrogens is 332 g/mol. The number of amides is 1. The van der Waals surface area contributed by atoms with Gasteiger partial charge in [0.05, 0.1) is 11.3 Å². The Kier molecular flexibility index (Phi) is 5.65. The van der Waals surface area contributed by atoms with Gasteiger partial charge in [0.2, 0.25) is 0 Å². The van der Waals surface area contributed by atoms with Crippen LogP contribution in [0.25, 0.3) is 5.69 Å². The van der Waals surface area contributed by atoms with Crippen LogP contribution in [0.15, 0.2) is 36.9 Å². The monoisotopic (exact) mass is 356 g/mol. The lowest BCUT2D eigenvalue weighted by atomic mass is 9.78. The van der Waals surface area contributed by atoms with E-state index in [-0.39, 0.29) is 18.6 Å². The fourth-order valence-corrected chi connectivity index (χ4v) is 3.34. The van der Waals surface area contributed by atoms with Crippen molar-refractivity contribution in [1.82, 2.24) is 20.1 Å². The highest BCUT2D eigenvalue weighted by atomic mass is 16.5. The Morgan fingerprint density at radius 3 is 2.69 bits per heavy atom. The Morgan fingerprint density at radius 2 is 2.00 bits per heavy atom. The summed E-state index contributed by atoms with van der Waals surface area (Å²) in [5.41, 5.74) is 1.18. The quantitative estimate of drug-likeness (QED) is 0.831. The molecule has 7 heteroatoms. The number of carbonyl (C=O) groups is 2. The van der Waals surface area contributed by atoms with Gasteiger partial charge in [-0.25, -0.2) is 14.5 Å². The SMILES string of the molecule is C[C@H]1[C@@H](NC(=O)COC(=O)c2ccc(-n3cncn3)cc2)CCC[C@@H]1C. The number of nitrogens with one attached hydrogen (secondary N) is 1. The van der Waals surface area contributed by atoms with Crippen LogP contribution < -0.4 is 5.32 Å². The molecule has 2 aromatic rings. The Hall–Kier alpha value is -2.70. The molecule has 3 rings (SSSR count). The maximum absolute atomic E-state index is 12.1. The Balaban J connectivity index is 1.49. The number of esters is 1. The molecule has 0 aliphatic heterocycles. The zero-order chi connectivity index (χ0) is 18.5. The predicted molar refractivity (Wildman–Crippen MR) is 95.8 cm³/mol. The number of ether oxygens (including phenoxy) is 1. The first-order valence-corrected chi connectivity index (χ1v) is 8.96. The maximum Gasteiger partial charge on any atom is 0.338 e. The summed E-state index contributed by atoms with van der Waals surface area (Å²) in [4.78, 5) is 28.1. The second-order valence-corrected chi connectivity index (χ2v) is 6.90. The molecule has 7 nitrogen and oxygen atoms in total. The zero-order valence-electron chi connectivity index (χ0n) is 15.1. The lowest BCUT2D eigenvalue weighted by Crippen LogP contribution is -2.45. The third-order valence-electron chi connectivity index (χ3n) is 5.17. The number of benzene rings is 1. The van der Waals surface area contributed by atoms with Gasteiger partial charge in [0.1, 0.15) is 12.7 Å². The highest BCUT2D eigenvalue weighted by molar-refractivity contribution is 5.91. The minimum absolute atomic E-state index is 0.159. The molecule has 0 saturated heterocycles. The molecular formula is C19H24N4O3. The van der Waals surface area contributed by atoms with Gasteiger partial charge in [-0.15, -0.1) is 0 Å². The summed E-state index contributed by atoms with van der Waals surface area (Å²) in [6, 6.07) is 6.93. The average molecular weight is 356 g/mol. The van der Waals surface area contributed by atoms with Crippen LogP contribution in [-0.2, 0) is 9.53 Å². The molecule has 1 amide bonds. The molecule has 0 radical (unpaired) electrons. The van der Waals surface area contributed by atoms with Gasteiger partial charge in [-0.2, -0.15) is 5.10 Å². The topological polar surface area (TPSA) is 86.1 Å². The van der Waals surface area contributed by atoms with Crippen molar-refractivity contribution in [2.45, 2.75) is 39.2 Å². The highest BCUT2D eigenvalue weighted by Crippen LogP contribution is 2.29. The number of carbonyl (C=O) groups excluding carboxylic acids is 2. The standard InChI is InChI=1S/C19H24N4O3/c1-13-4-3-5-17(14(13)2)22-18(24)10-26-19(25)15-6-8-16(9-7-15)23-12-20-11-21-23/h6-9,11-14,17H,3-5,10H2,1-2H3,(H,22,24)/t13-,14+,17-/m0/s1. The normalized spacial score (nSPS) is 22.6. The first kappa shape index (κ1) is 18.1. The maximum atomic E-state index is 12.1. The van der Waals surface area contributed by atoms with Crippen LogP contribution >= 0.6 is 0 Å². The average Bonchev–Trinajstić information content (AvgIpc) is 3.18. The molecule has 1 aromatic heterocycles. The van der Waals surface area contributed by atoms with Gasteiger partial charge in [0.25, 0.3) is 5.91 Å². The van der Waals surface area contributed by atoms with E-state index in [1.807, 2.05) is 0 Å². The first-order chi connectivity index (χ1) is 12.5. The van der Waals surface area contributed by atoms with Crippen LogP contribution in [0.2, 0.25) is 0 Å². The van der Waals surface area contributed by atoms with E-state index >= 15 is 0 Å². The van der Waals surface area contributed by atoms with E-state index in [9.17, 15) is 9.59 Å². The Bertz CT molecular complexity index is 743. The van der Waals surface area contributed by atoms with Crippen LogP contribution in [0.3, 0.4) is 0 Å². The second-order valence-electron chi connectivity index (χ2n) is 6.90. The van der Waals surface area contributed by atoms with Crippen molar-refractivity contribution in [3.63, 3.8) is 0 Å². The van der Waals surface area contributed by atoms with E-state index in [1.165, 1.54) is 12.7 Å². The van der Waals surface area contributed by atoms with Crippen LogP contribution in [0.5, 0.6) is 0 Å². The van der Waals surface area contributed by atoms with Gasteiger partial charge in [0.15, 0.2) is 6.61 Å². The van der Waals surface area contributed by atoms with E-state index in [1.54, 1.807) is 35.3 Å². The fraction of sp³-hybridized carbons (Fsp3) is 0.474. The summed E-state index contributed by atoms with van der Waals surface area (Å²) in [6.45, 7) is 4.12. The van der Waals surface area contributed by atoms with Gasteiger partial charge < -0.3 is 10.1 Å². The van der Waals surface area contributed by atoms with Crippen molar-refractivity contribution in [3.8, 4) is 5.69 Å². The molecule has 26 heavy (non-hydrogen) atoms. The minimum atomic E-state index is -0.518. The summed E-state index contributed by atoms with van der Waals surface area (Å²) in [6.07, 6.45) is 6.32. The largest absolute Gasteiger partial charge is 0.452 e. The van der Waals surface area contributed by atoms with E-state index in [0.717, 1.165) is 18.5 Å². The molecule has 1 saturated carbocycles. The van der Waals surface area contributed by atoms with Crippen molar-refractivity contribution < 1.29 is 14.3 Å². The van der Waals surface area contributed by atoms with E-state index in [0.29, 0.717) is 17.4 Å². The van der Waals surface area contributed by atoms with Crippen LogP contribution in [-0.4, -0.2) is 39.3 Å². The second kappa shape index (κ2) is 8.12. The molecule has 0 unspecified atom stereocenters. The molecule has 1 aromatic carbocycles. The Labute approximate surface area is 152 Å². The lowest BCUT2D eigenvalue weighted by molar-refractivity contribution is -0.125. The van der Waals surface area contributed by atoms with Crippen molar-refractivity contribution >= 4 is 11.9 Å². The van der Waals surface area contributed by atoms with Crippen molar-refractivity contribution in [2.75, 3.05) is 6.61 Å². The van der Waals surface area contributed by atoms with Gasteiger partial charge >= 0.3 is 5.97 Å². The summed E-state index contributed by atoms with van der Waals surface area (Å²) < 4.78 is 6.73. The zero-order valence-corrected chi connectivity index (χ0v) is 15.1. The van der Waals surface area contributed by atoms with E-state index in [4.69, 9.17) is 4.74 Å². The molecule has 0 bridgehead atoms. The highest BCUT2D eigenvalue weighted by Gasteiger charge is 2.28. The van der Waals surface area contributed by atoms with Gasteiger partial charge in [-0.3, -0.25) is 4.79 Å². The summed E-state index contributed by atoms with van der Waals surface area (Å²) in [5, 5.41) is 7.02. The number of hydrogen-bond donors (Lipinski definition) is 1. The molecule has 1 fully saturated rings. The van der Waals surface area contributed by atoms with Gasteiger partial charge in [0, 0.05) is 6.04 Å². The van der Waals surface area contributed by atoms with E-state index in [2.05, 4.69) is 29.2 Å². The third kappa shape index (κ3) is 4.28. The molecule has 1 N–H and O–H groups in total. The number of hydrogen-bond acceptors (Lipinski definition) is 5. The lowest BCUT2D eigenvalue weighted by Gasteiger charge is -2.34. The molecule has 138 valence electrons. The molecule has 1 aliphatic carbocycles. The molecule has 3 atom stereocenters. The van der Waals surface area contributed by atoms with Crippen LogP contribution in [0.1, 0.15) is 43.5 Å². The number of aromatic nitrogens is 3. The molecule has 1 heterocycles. The van der Waals surface area contributed by atoms with Crippen LogP contribution in [0, 0.1) is 11.8 Å². The van der Waals surface area contributed by atoms with Crippen molar-refractivity contribution in [2.24, 2.45) is 11.8 Å². The molecule has 1 aliphatic rings. The minimum Gasteiger partial charge on any atom is -0.452 e. The van der Waals surface area contributed by atoms with Gasteiger partial charge in [-0.1, -0.05) is 26.7 Å². The summed E-state index contributed by atoms with van der Waals surface area (Å²) in [5.74, 6) is 0.270.